The van der Waals surface area contributed by atoms with Gasteiger partial charge in [-0.1, -0.05) is 0 Å². The van der Waals surface area contributed by atoms with Gasteiger partial charge in [-0.25, -0.2) is 4.98 Å². The maximum absolute atomic E-state index is 12.0. The van der Waals surface area contributed by atoms with Crippen LogP contribution in [0.4, 0.5) is 5.82 Å². The van der Waals surface area contributed by atoms with Crippen molar-refractivity contribution in [3.8, 4) is 6.07 Å². The summed E-state index contributed by atoms with van der Waals surface area (Å²) in [4.78, 5) is 6.17. The molecule has 0 spiro atoms. The van der Waals surface area contributed by atoms with Crippen LogP contribution >= 0.6 is 0 Å². The number of hydrogen-bond donors (Lipinski definition) is 0. The predicted molar refractivity (Wildman–Crippen MR) is 75.3 cm³/mol. The van der Waals surface area contributed by atoms with Crippen LogP contribution in [0.1, 0.15) is 5.56 Å². The Balaban J connectivity index is 2.11. The molecule has 2 rings (SSSR count). The van der Waals surface area contributed by atoms with Crippen LogP contribution in [0.5, 0.6) is 0 Å². The van der Waals surface area contributed by atoms with Crippen LogP contribution in [0.2, 0.25) is 0 Å². The zero-order valence-corrected chi connectivity index (χ0v) is 12.3. The Labute approximate surface area is 119 Å². The largest absolute Gasteiger partial charge is 0.353 e. The third-order valence-electron chi connectivity index (χ3n) is 3.23. The summed E-state index contributed by atoms with van der Waals surface area (Å²) in [6.07, 6.45) is 1.64. The Kier molecular flexibility index (Phi) is 4.23. The van der Waals surface area contributed by atoms with E-state index in [2.05, 4.69) is 11.1 Å². The number of rotatable bonds is 3. The van der Waals surface area contributed by atoms with Gasteiger partial charge in [0.25, 0.3) is 10.2 Å². The number of nitrogens with zero attached hydrogens (tertiary/aromatic N) is 5. The van der Waals surface area contributed by atoms with Gasteiger partial charge < -0.3 is 4.90 Å². The molecule has 1 aromatic heterocycles. The van der Waals surface area contributed by atoms with Crippen LogP contribution < -0.4 is 4.90 Å². The van der Waals surface area contributed by atoms with Gasteiger partial charge >= 0.3 is 0 Å². The van der Waals surface area contributed by atoms with Gasteiger partial charge in [0.1, 0.15) is 11.9 Å². The van der Waals surface area contributed by atoms with E-state index in [0.717, 1.165) is 0 Å². The van der Waals surface area contributed by atoms with Gasteiger partial charge in [-0.3, -0.25) is 0 Å². The normalized spacial score (nSPS) is 17.2. The van der Waals surface area contributed by atoms with Crippen LogP contribution in [0.15, 0.2) is 18.3 Å². The summed E-state index contributed by atoms with van der Waals surface area (Å²) in [7, 11) is -0.323. The molecule has 0 aromatic carbocycles. The van der Waals surface area contributed by atoms with Crippen molar-refractivity contribution in [3.63, 3.8) is 0 Å². The standard InChI is InChI=1S/C12H17N5O2S/c1-15(2)20(18,19)17-8-6-16(7-9-17)12-11(10-13)4-3-5-14-12/h3-5H,6-9H2,1-2H3. The molecule has 7 nitrogen and oxygen atoms in total. The first-order valence-electron chi connectivity index (χ1n) is 6.24. The van der Waals surface area contributed by atoms with Gasteiger partial charge in [-0.05, 0) is 12.1 Å². The minimum atomic E-state index is -3.37. The van der Waals surface area contributed by atoms with Crippen molar-refractivity contribution in [2.45, 2.75) is 0 Å². The van der Waals surface area contributed by atoms with Gasteiger partial charge in [0.2, 0.25) is 0 Å². The van der Waals surface area contributed by atoms with E-state index in [0.29, 0.717) is 37.6 Å². The van der Waals surface area contributed by atoms with Crippen molar-refractivity contribution in [3.05, 3.63) is 23.9 Å². The molecule has 8 heteroatoms. The van der Waals surface area contributed by atoms with Crippen molar-refractivity contribution in [1.82, 2.24) is 13.6 Å². The highest BCUT2D eigenvalue weighted by atomic mass is 32.2. The lowest BCUT2D eigenvalue weighted by molar-refractivity contribution is 0.355. The molecule has 1 aromatic rings. The van der Waals surface area contributed by atoms with E-state index in [1.807, 2.05) is 4.90 Å². The Bertz CT molecular complexity index is 615. The SMILES string of the molecule is CN(C)S(=O)(=O)N1CCN(c2ncccc2C#N)CC1. The van der Waals surface area contributed by atoms with E-state index >= 15 is 0 Å². The number of anilines is 1. The second kappa shape index (κ2) is 5.75. The quantitative estimate of drug-likeness (QED) is 0.777. The zero-order valence-electron chi connectivity index (χ0n) is 11.5. The number of nitriles is 1. The Morgan fingerprint density at radius 1 is 1.30 bits per heavy atom. The molecule has 0 unspecified atom stereocenters. The van der Waals surface area contributed by atoms with Gasteiger partial charge in [-0.2, -0.15) is 22.3 Å². The summed E-state index contributed by atoms with van der Waals surface area (Å²) in [6.45, 7) is 1.83. The maximum atomic E-state index is 12.0. The average molecular weight is 295 g/mol. The lowest BCUT2D eigenvalue weighted by Crippen LogP contribution is -2.52. The smallest absolute Gasteiger partial charge is 0.281 e. The van der Waals surface area contributed by atoms with Crippen LogP contribution in [-0.4, -0.2) is 62.3 Å². The molecule has 0 N–H and O–H groups in total. The first-order chi connectivity index (χ1) is 9.46. The molecule has 0 radical (unpaired) electrons. The first kappa shape index (κ1) is 14.7. The lowest BCUT2D eigenvalue weighted by Gasteiger charge is -2.35. The molecular weight excluding hydrogens is 278 g/mol. The Morgan fingerprint density at radius 2 is 1.95 bits per heavy atom. The maximum Gasteiger partial charge on any atom is 0.281 e. The fourth-order valence-corrected chi connectivity index (χ4v) is 3.18. The molecule has 108 valence electrons. The molecule has 0 bridgehead atoms. The number of piperazine rings is 1. The predicted octanol–water partition coefficient (Wildman–Crippen LogP) is -0.118. The summed E-state index contributed by atoms with van der Waals surface area (Å²) in [5, 5.41) is 9.07. The van der Waals surface area contributed by atoms with Gasteiger partial charge in [0.15, 0.2) is 0 Å². The highest BCUT2D eigenvalue weighted by Crippen LogP contribution is 2.19. The zero-order chi connectivity index (χ0) is 14.8. The summed E-state index contributed by atoms with van der Waals surface area (Å²) in [5.74, 6) is 0.622. The van der Waals surface area contributed by atoms with Gasteiger partial charge in [0.05, 0.1) is 5.56 Å². The van der Waals surface area contributed by atoms with E-state index in [1.165, 1.54) is 22.7 Å². The molecule has 1 aliphatic heterocycles. The average Bonchev–Trinajstić information content (AvgIpc) is 2.47. The molecule has 1 fully saturated rings. The van der Waals surface area contributed by atoms with E-state index in [-0.39, 0.29) is 0 Å². The van der Waals surface area contributed by atoms with Crippen LogP contribution in [0, 0.1) is 11.3 Å². The third-order valence-corrected chi connectivity index (χ3v) is 5.17. The fraction of sp³-hybridized carbons (Fsp3) is 0.500. The van der Waals surface area contributed by atoms with Crippen molar-refractivity contribution in [2.75, 3.05) is 45.2 Å². The topological polar surface area (TPSA) is 80.5 Å². The van der Waals surface area contributed by atoms with Crippen molar-refractivity contribution < 1.29 is 8.42 Å². The monoisotopic (exact) mass is 295 g/mol. The van der Waals surface area contributed by atoms with E-state index in [4.69, 9.17) is 5.26 Å². The lowest BCUT2D eigenvalue weighted by atomic mass is 10.2. The molecule has 1 saturated heterocycles. The van der Waals surface area contributed by atoms with E-state index in [9.17, 15) is 8.42 Å². The second-order valence-corrected chi connectivity index (χ2v) is 6.80. The molecule has 0 aliphatic carbocycles. The number of aromatic nitrogens is 1. The van der Waals surface area contributed by atoms with Gasteiger partial charge in [-0.15, -0.1) is 0 Å². The van der Waals surface area contributed by atoms with Crippen LogP contribution in [0.3, 0.4) is 0 Å². The van der Waals surface area contributed by atoms with Crippen molar-refractivity contribution >= 4 is 16.0 Å². The van der Waals surface area contributed by atoms with Crippen LogP contribution in [0.25, 0.3) is 0 Å². The second-order valence-electron chi connectivity index (χ2n) is 4.66. The minimum Gasteiger partial charge on any atom is -0.353 e. The molecule has 0 saturated carbocycles. The summed E-state index contributed by atoms with van der Waals surface area (Å²) >= 11 is 0. The number of pyridine rings is 1. The highest BCUT2D eigenvalue weighted by Gasteiger charge is 2.29. The Morgan fingerprint density at radius 3 is 2.50 bits per heavy atom. The molecule has 0 atom stereocenters. The fourth-order valence-electron chi connectivity index (χ4n) is 2.10. The van der Waals surface area contributed by atoms with Crippen molar-refractivity contribution in [2.24, 2.45) is 0 Å². The summed E-state index contributed by atoms with van der Waals surface area (Å²) < 4.78 is 26.7. The van der Waals surface area contributed by atoms with E-state index < -0.39 is 10.2 Å². The molecule has 2 heterocycles. The molecular formula is C12H17N5O2S. The third kappa shape index (κ3) is 2.75. The van der Waals surface area contributed by atoms with E-state index in [1.54, 1.807) is 18.3 Å². The molecule has 0 amide bonds. The van der Waals surface area contributed by atoms with Crippen LogP contribution in [-0.2, 0) is 10.2 Å². The Hall–Kier alpha value is -1.69. The van der Waals surface area contributed by atoms with Gasteiger partial charge in [0, 0.05) is 46.5 Å². The molecule has 1 aliphatic rings. The summed E-state index contributed by atoms with van der Waals surface area (Å²) in [5.41, 5.74) is 0.511. The highest BCUT2D eigenvalue weighted by molar-refractivity contribution is 7.86. The first-order valence-corrected chi connectivity index (χ1v) is 7.64. The molecule has 20 heavy (non-hydrogen) atoms. The van der Waals surface area contributed by atoms with Crippen molar-refractivity contribution in [1.29, 1.82) is 5.26 Å². The minimum absolute atomic E-state index is 0.391. The summed E-state index contributed by atoms with van der Waals surface area (Å²) in [6, 6.07) is 5.54. The number of hydrogen-bond acceptors (Lipinski definition) is 5.